The van der Waals surface area contributed by atoms with Crippen molar-refractivity contribution in [3.63, 3.8) is 0 Å². The van der Waals surface area contributed by atoms with Crippen molar-refractivity contribution in [1.29, 1.82) is 0 Å². The topological polar surface area (TPSA) is 21.3 Å². The van der Waals surface area contributed by atoms with E-state index in [0.29, 0.717) is 11.6 Å². The molecule has 0 saturated heterocycles. The number of benzene rings is 3. The second-order valence-corrected chi connectivity index (χ2v) is 8.32. The van der Waals surface area contributed by atoms with Crippen molar-refractivity contribution in [1.82, 2.24) is 0 Å². The van der Waals surface area contributed by atoms with Gasteiger partial charge in [-0.1, -0.05) is 48.9 Å². The van der Waals surface area contributed by atoms with Crippen LogP contribution in [0.3, 0.4) is 0 Å². The first kappa shape index (κ1) is 20.2. The van der Waals surface area contributed by atoms with Gasteiger partial charge in [0.05, 0.1) is 8.95 Å². The van der Waals surface area contributed by atoms with Gasteiger partial charge in [0.15, 0.2) is 0 Å². The van der Waals surface area contributed by atoms with Crippen molar-refractivity contribution >= 4 is 49.1 Å². The van der Waals surface area contributed by atoms with Gasteiger partial charge in [0.25, 0.3) is 0 Å². The van der Waals surface area contributed by atoms with Gasteiger partial charge in [0, 0.05) is 17.3 Å². The zero-order chi connectivity index (χ0) is 19.2. The summed E-state index contributed by atoms with van der Waals surface area (Å²) in [5, 5.41) is 4.23. The van der Waals surface area contributed by atoms with Crippen LogP contribution in [0.2, 0.25) is 5.02 Å². The van der Waals surface area contributed by atoms with Gasteiger partial charge in [0.2, 0.25) is 0 Å². The molecule has 3 rings (SSSR count). The highest BCUT2D eigenvalue weighted by atomic mass is 79.9. The Balaban J connectivity index is 1.69. The summed E-state index contributed by atoms with van der Waals surface area (Å²) in [6.45, 7) is 3.36. The highest BCUT2D eigenvalue weighted by Gasteiger charge is 2.10. The fourth-order valence-electron chi connectivity index (χ4n) is 2.83. The number of hydrogen-bond donors (Lipinski definition) is 1. The van der Waals surface area contributed by atoms with Crippen molar-refractivity contribution in [2.24, 2.45) is 0 Å². The monoisotopic (exact) mass is 507 g/mol. The molecule has 0 fully saturated rings. The van der Waals surface area contributed by atoms with Gasteiger partial charge in [-0.15, -0.1) is 0 Å². The van der Waals surface area contributed by atoms with Crippen molar-refractivity contribution in [3.8, 4) is 5.75 Å². The molecule has 0 saturated carbocycles. The minimum absolute atomic E-state index is 0.458. The van der Waals surface area contributed by atoms with E-state index in [0.717, 1.165) is 38.8 Å². The van der Waals surface area contributed by atoms with E-state index in [1.807, 2.05) is 24.3 Å². The van der Waals surface area contributed by atoms with Crippen LogP contribution in [0.5, 0.6) is 5.75 Å². The summed E-state index contributed by atoms with van der Waals surface area (Å²) in [7, 11) is 0. The molecular weight excluding hydrogens is 490 g/mol. The maximum absolute atomic E-state index is 6.04. The molecule has 5 heteroatoms. The van der Waals surface area contributed by atoms with Crippen molar-refractivity contribution in [2.75, 3.05) is 5.32 Å². The molecule has 0 atom stereocenters. The molecule has 0 bridgehead atoms. The third-order valence-corrected chi connectivity index (χ3v) is 5.62. The van der Waals surface area contributed by atoms with Crippen LogP contribution < -0.4 is 10.1 Å². The summed E-state index contributed by atoms with van der Waals surface area (Å²) in [4.78, 5) is 0. The van der Waals surface area contributed by atoms with Crippen LogP contribution in [0.4, 0.5) is 5.69 Å². The Morgan fingerprint density at radius 2 is 1.67 bits per heavy atom. The molecule has 0 aliphatic rings. The van der Waals surface area contributed by atoms with Gasteiger partial charge in [-0.2, -0.15) is 0 Å². The van der Waals surface area contributed by atoms with Crippen molar-refractivity contribution in [2.45, 2.75) is 26.5 Å². The van der Waals surface area contributed by atoms with Crippen LogP contribution in [-0.2, 0) is 19.6 Å². The zero-order valence-electron chi connectivity index (χ0n) is 14.9. The van der Waals surface area contributed by atoms with Crippen LogP contribution >= 0.6 is 43.5 Å². The Labute approximate surface area is 182 Å². The molecule has 0 heterocycles. The zero-order valence-corrected chi connectivity index (χ0v) is 18.9. The second kappa shape index (κ2) is 9.63. The van der Waals surface area contributed by atoms with Crippen LogP contribution in [-0.4, -0.2) is 0 Å². The van der Waals surface area contributed by atoms with Crippen LogP contribution in [0.1, 0.15) is 23.6 Å². The number of aryl methyl sites for hydroxylation is 1. The predicted octanol–water partition coefficient (Wildman–Crippen LogP) is 7.62. The lowest BCUT2D eigenvalue weighted by molar-refractivity contribution is 0.302. The third kappa shape index (κ3) is 5.50. The minimum atomic E-state index is 0.458. The minimum Gasteiger partial charge on any atom is -0.487 e. The lowest BCUT2D eigenvalue weighted by Gasteiger charge is -2.14. The number of hydrogen-bond acceptors (Lipinski definition) is 2. The molecule has 1 N–H and O–H groups in total. The van der Waals surface area contributed by atoms with Gasteiger partial charge < -0.3 is 10.1 Å². The highest BCUT2D eigenvalue weighted by molar-refractivity contribution is 9.11. The molecule has 0 aliphatic carbocycles. The van der Waals surface area contributed by atoms with E-state index in [4.69, 9.17) is 16.3 Å². The lowest BCUT2D eigenvalue weighted by Crippen LogP contribution is -2.03. The number of para-hydroxylation sites is 1. The van der Waals surface area contributed by atoms with Crippen LogP contribution in [0, 0.1) is 0 Å². The van der Waals surface area contributed by atoms with Crippen molar-refractivity contribution in [3.05, 3.63) is 91.3 Å². The first-order chi connectivity index (χ1) is 13.1. The van der Waals surface area contributed by atoms with E-state index in [1.54, 1.807) is 0 Å². The summed E-state index contributed by atoms with van der Waals surface area (Å²) < 4.78 is 7.82. The smallest absolute Gasteiger partial charge is 0.148 e. The number of anilines is 1. The Morgan fingerprint density at radius 3 is 2.37 bits per heavy atom. The Hall–Kier alpha value is -1.49. The summed E-state index contributed by atoms with van der Waals surface area (Å²) in [6.07, 6.45) is 1.01. The second-order valence-electron chi connectivity index (χ2n) is 6.17. The fraction of sp³-hybridized carbons (Fsp3) is 0.182. The predicted molar refractivity (Wildman–Crippen MR) is 121 cm³/mol. The molecule has 27 heavy (non-hydrogen) atoms. The Kier molecular flexibility index (Phi) is 7.22. The summed E-state index contributed by atoms with van der Waals surface area (Å²) in [6, 6.07) is 20.3. The third-order valence-electron chi connectivity index (χ3n) is 4.21. The fourth-order valence-corrected chi connectivity index (χ4v) is 4.56. The quantitative estimate of drug-likeness (QED) is 0.354. The number of nitrogens with one attached hydrogen (secondary N) is 1. The summed E-state index contributed by atoms with van der Waals surface area (Å²) in [5.74, 6) is 0.785. The maximum atomic E-state index is 6.04. The summed E-state index contributed by atoms with van der Waals surface area (Å²) in [5.41, 5.74) is 4.68. The van der Waals surface area contributed by atoms with Gasteiger partial charge in [0.1, 0.15) is 12.4 Å². The largest absolute Gasteiger partial charge is 0.487 e. The highest BCUT2D eigenvalue weighted by Crippen LogP contribution is 2.35. The normalized spacial score (nSPS) is 10.7. The van der Waals surface area contributed by atoms with E-state index in [2.05, 4.69) is 80.5 Å². The average molecular weight is 510 g/mol. The molecule has 0 spiro atoms. The molecule has 3 aromatic rings. The van der Waals surface area contributed by atoms with Crippen molar-refractivity contribution < 1.29 is 4.74 Å². The molecule has 0 aromatic heterocycles. The summed E-state index contributed by atoms with van der Waals surface area (Å²) >= 11 is 13.3. The first-order valence-corrected chi connectivity index (χ1v) is 10.7. The maximum Gasteiger partial charge on any atom is 0.148 e. The molecule has 0 unspecified atom stereocenters. The van der Waals surface area contributed by atoms with Gasteiger partial charge in [-0.3, -0.25) is 0 Å². The van der Waals surface area contributed by atoms with Crippen LogP contribution in [0.15, 0.2) is 69.6 Å². The molecular formula is C22H20Br2ClNO. The van der Waals surface area contributed by atoms with E-state index >= 15 is 0 Å². The number of ether oxygens (including phenoxy) is 1. The molecule has 0 radical (unpaired) electrons. The SMILES string of the molecule is CCc1ccccc1NCc1cc(Br)c(OCc2cccc(Cl)c2)c(Br)c1. The number of rotatable bonds is 7. The average Bonchev–Trinajstić information content (AvgIpc) is 2.66. The van der Waals surface area contributed by atoms with Gasteiger partial charge in [-0.05, 0) is 85.3 Å². The lowest BCUT2D eigenvalue weighted by atomic mass is 10.1. The first-order valence-electron chi connectivity index (χ1n) is 8.73. The Bertz CT molecular complexity index is 907. The molecule has 140 valence electrons. The Morgan fingerprint density at radius 1 is 0.926 bits per heavy atom. The molecule has 2 nitrogen and oxygen atoms in total. The van der Waals surface area contributed by atoms with Gasteiger partial charge >= 0.3 is 0 Å². The van der Waals surface area contributed by atoms with E-state index in [9.17, 15) is 0 Å². The molecule has 0 aliphatic heterocycles. The van der Waals surface area contributed by atoms with E-state index in [-0.39, 0.29) is 0 Å². The van der Waals surface area contributed by atoms with E-state index in [1.165, 1.54) is 11.3 Å². The van der Waals surface area contributed by atoms with Gasteiger partial charge in [-0.25, -0.2) is 0 Å². The number of halogens is 3. The standard InChI is InChI=1S/C22H20Br2ClNO/c1-2-17-7-3-4-9-21(17)26-13-16-11-19(23)22(20(24)12-16)27-14-15-6-5-8-18(25)10-15/h3-12,26H,2,13-14H2,1H3. The van der Waals surface area contributed by atoms with E-state index < -0.39 is 0 Å². The van der Waals surface area contributed by atoms with Crippen LogP contribution in [0.25, 0.3) is 0 Å². The molecule has 3 aromatic carbocycles. The molecule has 0 amide bonds.